The van der Waals surface area contributed by atoms with Crippen LogP contribution in [0.4, 0.5) is 0 Å². The maximum atomic E-state index is 11.0. The molecule has 18 heavy (non-hydrogen) atoms. The minimum atomic E-state index is 0.536. The first-order valence-corrected chi connectivity index (χ1v) is 6.79. The van der Waals surface area contributed by atoms with Crippen LogP contribution in [0.25, 0.3) is 5.69 Å². The van der Waals surface area contributed by atoms with Crippen molar-refractivity contribution in [2.45, 2.75) is 13.8 Å². The first kappa shape index (κ1) is 13.7. The Morgan fingerprint density at radius 1 is 1.17 bits per heavy atom. The van der Waals surface area contributed by atoms with Gasteiger partial charge in [0.15, 0.2) is 6.29 Å². The second kappa shape index (κ2) is 5.08. The van der Waals surface area contributed by atoms with Gasteiger partial charge in [-0.2, -0.15) is 0 Å². The van der Waals surface area contributed by atoms with Gasteiger partial charge in [-0.3, -0.25) is 4.79 Å². The maximum absolute atomic E-state index is 11.0. The zero-order valence-electron chi connectivity index (χ0n) is 9.80. The smallest absolute Gasteiger partial charge is 0.151 e. The SMILES string of the molecule is Cc1cc(C=O)c(C)n1-c1c(Cl)cc(Br)cc1Cl. The molecule has 1 heterocycles. The summed E-state index contributed by atoms with van der Waals surface area (Å²) in [6.45, 7) is 3.78. The topological polar surface area (TPSA) is 22.0 Å². The third kappa shape index (κ3) is 2.22. The van der Waals surface area contributed by atoms with Crippen molar-refractivity contribution in [3.63, 3.8) is 0 Å². The van der Waals surface area contributed by atoms with Gasteiger partial charge in [-0.25, -0.2) is 0 Å². The number of hydrogen-bond acceptors (Lipinski definition) is 1. The van der Waals surface area contributed by atoms with Crippen molar-refractivity contribution < 1.29 is 4.79 Å². The van der Waals surface area contributed by atoms with Gasteiger partial charge < -0.3 is 4.57 Å². The molecule has 2 aromatic rings. The minimum Gasteiger partial charge on any atom is -0.315 e. The number of carbonyl (C=O) groups is 1. The number of rotatable bonds is 2. The Balaban J connectivity index is 2.77. The van der Waals surface area contributed by atoms with Crippen LogP contribution in [-0.2, 0) is 0 Å². The third-order valence-electron chi connectivity index (χ3n) is 2.80. The summed E-state index contributed by atoms with van der Waals surface area (Å²) in [6, 6.07) is 5.38. The lowest BCUT2D eigenvalue weighted by atomic mass is 10.2. The Bertz CT molecular complexity index is 611. The first-order chi connectivity index (χ1) is 8.45. The number of carbonyl (C=O) groups excluding carboxylic acids is 1. The summed E-state index contributed by atoms with van der Waals surface area (Å²) >= 11 is 15.8. The monoisotopic (exact) mass is 345 g/mol. The van der Waals surface area contributed by atoms with Crippen LogP contribution in [0.1, 0.15) is 21.7 Å². The van der Waals surface area contributed by atoms with E-state index >= 15 is 0 Å². The Hall–Kier alpha value is -0.770. The fourth-order valence-corrected chi connectivity index (χ4v) is 3.38. The van der Waals surface area contributed by atoms with E-state index in [0.29, 0.717) is 21.3 Å². The molecule has 0 fully saturated rings. The fourth-order valence-electron chi connectivity index (χ4n) is 2.00. The zero-order valence-corrected chi connectivity index (χ0v) is 12.9. The van der Waals surface area contributed by atoms with Crippen molar-refractivity contribution in [2.24, 2.45) is 0 Å². The molecule has 2 nitrogen and oxygen atoms in total. The van der Waals surface area contributed by atoms with Gasteiger partial charge in [0.05, 0.1) is 15.7 Å². The maximum Gasteiger partial charge on any atom is 0.151 e. The summed E-state index contributed by atoms with van der Waals surface area (Å²) in [5, 5.41) is 1.07. The lowest BCUT2D eigenvalue weighted by Gasteiger charge is -2.14. The molecule has 0 saturated carbocycles. The van der Waals surface area contributed by atoms with Crippen LogP contribution in [0.2, 0.25) is 10.0 Å². The van der Waals surface area contributed by atoms with Crippen LogP contribution in [-0.4, -0.2) is 10.9 Å². The minimum absolute atomic E-state index is 0.536. The molecule has 94 valence electrons. The molecule has 0 spiro atoms. The van der Waals surface area contributed by atoms with Crippen LogP contribution >= 0.6 is 39.1 Å². The number of aromatic nitrogens is 1. The molecular weight excluding hydrogens is 337 g/mol. The highest BCUT2D eigenvalue weighted by Crippen LogP contribution is 2.34. The van der Waals surface area contributed by atoms with Crippen molar-refractivity contribution in [3.05, 3.63) is 49.7 Å². The summed E-state index contributed by atoms with van der Waals surface area (Å²) in [5.74, 6) is 0. The average Bonchev–Trinajstić information content (AvgIpc) is 2.55. The molecule has 0 aliphatic carbocycles. The van der Waals surface area contributed by atoms with E-state index in [1.54, 1.807) is 12.1 Å². The van der Waals surface area contributed by atoms with E-state index < -0.39 is 0 Å². The van der Waals surface area contributed by atoms with E-state index in [1.165, 1.54) is 0 Å². The molecular formula is C13H10BrCl2NO. The number of nitrogens with zero attached hydrogens (tertiary/aromatic N) is 1. The van der Waals surface area contributed by atoms with Crippen LogP contribution in [0.5, 0.6) is 0 Å². The summed E-state index contributed by atoms with van der Waals surface area (Å²) in [6.07, 6.45) is 0.833. The quantitative estimate of drug-likeness (QED) is 0.703. The standard InChI is InChI=1S/C13H10BrCl2NO/c1-7-3-9(6-18)8(2)17(7)13-11(15)4-10(14)5-12(13)16/h3-6H,1-2H3. The molecule has 0 N–H and O–H groups in total. The Kier molecular flexibility index (Phi) is 3.85. The molecule has 0 atom stereocenters. The second-order valence-corrected chi connectivity index (χ2v) is 5.73. The van der Waals surface area contributed by atoms with Crippen molar-refractivity contribution in [1.29, 1.82) is 0 Å². The van der Waals surface area contributed by atoms with Gasteiger partial charge in [0.1, 0.15) is 0 Å². The number of hydrogen-bond donors (Lipinski definition) is 0. The molecule has 1 aromatic carbocycles. The highest BCUT2D eigenvalue weighted by atomic mass is 79.9. The van der Waals surface area contributed by atoms with E-state index in [2.05, 4.69) is 15.9 Å². The first-order valence-electron chi connectivity index (χ1n) is 5.24. The van der Waals surface area contributed by atoms with Crippen molar-refractivity contribution in [3.8, 4) is 5.69 Å². The lowest BCUT2D eigenvalue weighted by Crippen LogP contribution is -2.01. The second-order valence-electron chi connectivity index (χ2n) is 4.00. The Morgan fingerprint density at radius 3 is 2.17 bits per heavy atom. The molecule has 0 unspecified atom stereocenters. The number of aldehydes is 1. The van der Waals surface area contributed by atoms with Crippen LogP contribution < -0.4 is 0 Å². The predicted molar refractivity (Wildman–Crippen MR) is 78.4 cm³/mol. The lowest BCUT2D eigenvalue weighted by molar-refractivity contribution is 0.112. The van der Waals surface area contributed by atoms with Gasteiger partial charge >= 0.3 is 0 Å². The number of halogens is 3. The van der Waals surface area contributed by atoms with Gasteiger partial charge in [0.25, 0.3) is 0 Å². The van der Waals surface area contributed by atoms with E-state index in [4.69, 9.17) is 23.2 Å². The number of aryl methyl sites for hydroxylation is 1. The summed E-state index contributed by atoms with van der Waals surface area (Å²) in [5.41, 5.74) is 3.08. The summed E-state index contributed by atoms with van der Waals surface area (Å²) in [7, 11) is 0. The van der Waals surface area contributed by atoms with Gasteiger partial charge in [-0.05, 0) is 32.0 Å². The molecule has 5 heteroatoms. The fraction of sp³-hybridized carbons (Fsp3) is 0.154. The molecule has 0 radical (unpaired) electrons. The Labute approximate surface area is 124 Å². The molecule has 1 aromatic heterocycles. The largest absolute Gasteiger partial charge is 0.315 e. The van der Waals surface area contributed by atoms with E-state index in [9.17, 15) is 4.79 Å². The van der Waals surface area contributed by atoms with E-state index in [-0.39, 0.29) is 0 Å². The summed E-state index contributed by atoms with van der Waals surface area (Å²) < 4.78 is 2.71. The van der Waals surface area contributed by atoms with Crippen LogP contribution in [0.15, 0.2) is 22.7 Å². The molecule has 0 aliphatic rings. The van der Waals surface area contributed by atoms with E-state index in [1.807, 2.05) is 24.5 Å². The average molecular weight is 347 g/mol. The van der Waals surface area contributed by atoms with Crippen molar-refractivity contribution in [2.75, 3.05) is 0 Å². The normalized spacial score (nSPS) is 10.7. The Morgan fingerprint density at radius 2 is 1.72 bits per heavy atom. The van der Waals surface area contributed by atoms with Crippen LogP contribution in [0, 0.1) is 13.8 Å². The molecule has 0 saturated heterocycles. The zero-order chi connectivity index (χ0) is 13.4. The highest BCUT2D eigenvalue weighted by molar-refractivity contribution is 9.10. The van der Waals surface area contributed by atoms with Crippen LogP contribution in [0.3, 0.4) is 0 Å². The van der Waals surface area contributed by atoms with E-state index in [0.717, 1.165) is 22.1 Å². The van der Waals surface area contributed by atoms with Gasteiger partial charge in [-0.1, -0.05) is 39.1 Å². The molecule has 0 amide bonds. The van der Waals surface area contributed by atoms with Crippen molar-refractivity contribution in [1.82, 2.24) is 4.57 Å². The highest BCUT2D eigenvalue weighted by Gasteiger charge is 2.16. The molecule has 0 bridgehead atoms. The molecule has 0 aliphatic heterocycles. The van der Waals surface area contributed by atoms with Gasteiger partial charge in [0, 0.05) is 21.4 Å². The number of benzene rings is 1. The summed E-state index contributed by atoms with van der Waals surface area (Å²) in [4.78, 5) is 11.0. The third-order valence-corrected chi connectivity index (χ3v) is 3.84. The van der Waals surface area contributed by atoms with Gasteiger partial charge in [-0.15, -0.1) is 0 Å². The van der Waals surface area contributed by atoms with Crippen molar-refractivity contribution >= 4 is 45.4 Å². The molecule has 2 rings (SSSR count). The predicted octanol–water partition coefficient (Wildman–Crippen LogP) is 4.98. The van der Waals surface area contributed by atoms with Gasteiger partial charge in [0.2, 0.25) is 0 Å².